The van der Waals surface area contributed by atoms with Crippen LogP contribution in [0.4, 0.5) is 0 Å². The van der Waals surface area contributed by atoms with Crippen molar-refractivity contribution in [2.24, 2.45) is 0 Å². The number of hydrogen-bond donors (Lipinski definition) is 0. The quantitative estimate of drug-likeness (QED) is 0.650. The first-order chi connectivity index (χ1) is 12.1. The van der Waals surface area contributed by atoms with Gasteiger partial charge in [0, 0.05) is 5.56 Å². The van der Waals surface area contributed by atoms with Gasteiger partial charge in [0.25, 0.3) is 0 Å². The fourth-order valence-electron chi connectivity index (χ4n) is 3.18. The van der Waals surface area contributed by atoms with Crippen molar-refractivity contribution in [2.75, 3.05) is 0 Å². The third-order valence-electron chi connectivity index (χ3n) is 4.70. The average molecular weight is 330 g/mol. The molecule has 0 radical (unpaired) electrons. The maximum atomic E-state index is 12.5. The summed E-state index contributed by atoms with van der Waals surface area (Å²) in [6.45, 7) is 4.04. The number of aryl methyl sites for hydroxylation is 1. The van der Waals surface area contributed by atoms with Crippen LogP contribution < -0.4 is 4.74 Å². The maximum Gasteiger partial charge on any atom is 0.342 e. The van der Waals surface area contributed by atoms with E-state index in [1.165, 1.54) is 0 Å². The number of carbonyl (C=O) groups is 1. The van der Waals surface area contributed by atoms with Gasteiger partial charge in [0.1, 0.15) is 5.75 Å². The van der Waals surface area contributed by atoms with E-state index < -0.39 is 5.79 Å². The topological polar surface area (TPSA) is 35.5 Å². The second-order valence-corrected chi connectivity index (χ2v) is 6.22. The van der Waals surface area contributed by atoms with Crippen LogP contribution in [0.3, 0.4) is 0 Å². The Morgan fingerprint density at radius 3 is 2.36 bits per heavy atom. The molecule has 0 saturated carbocycles. The van der Waals surface area contributed by atoms with E-state index in [9.17, 15) is 4.79 Å². The van der Waals surface area contributed by atoms with Gasteiger partial charge in [-0.1, -0.05) is 54.6 Å². The predicted octanol–water partition coefficient (Wildman–Crippen LogP) is 4.75. The number of rotatable bonds is 3. The first-order valence-corrected chi connectivity index (χ1v) is 8.25. The molecule has 25 heavy (non-hydrogen) atoms. The molecule has 1 atom stereocenters. The molecular weight excluding hydrogens is 312 g/mol. The van der Waals surface area contributed by atoms with E-state index >= 15 is 0 Å². The van der Waals surface area contributed by atoms with Crippen LogP contribution in [0.15, 0.2) is 72.8 Å². The van der Waals surface area contributed by atoms with Crippen molar-refractivity contribution in [3.05, 3.63) is 101 Å². The summed E-state index contributed by atoms with van der Waals surface area (Å²) in [6.07, 6.45) is 0. The highest BCUT2D eigenvalue weighted by Crippen LogP contribution is 2.44. The minimum Gasteiger partial charge on any atom is -0.444 e. The zero-order valence-electron chi connectivity index (χ0n) is 14.2. The molecule has 3 aromatic rings. The SMILES string of the molecule is Cc1cccc(O[C@]2(c3ccccc3)OC(=O)c3ccccc32)c1C. The van der Waals surface area contributed by atoms with Crippen molar-refractivity contribution < 1.29 is 14.3 Å². The van der Waals surface area contributed by atoms with Crippen LogP contribution in [0.25, 0.3) is 0 Å². The first-order valence-electron chi connectivity index (χ1n) is 8.25. The molecule has 124 valence electrons. The van der Waals surface area contributed by atoms with Gasteiger partial charge in [-0.25, -0.2) is 4.79 Å². The lowest BCUT2D eigenvalue weighted by Gasteiger charge is -2.31. The number of fused-ring (bicyclic) bond motifs is 1. The smallest absolute Gasteiger partial charge is 0.342 e. The molecule has 0 saturated heterocycles. The van der Waals surface area contributed by atoms with E-state index in [-0.39, 0.29) is 5.97 Å². The summed E-state index contributed by atoms with van der Waals surface area (Å²) < 4.78 is 12.3. The molecular formula is C22H18O3. The Morgan fingerprint density at radius 2 is 1.56 bits per heavy atom. The van der Waals surface area contributed by atoms with Crippen molar-refractivity contribution in [3.8, 4) is 5.75 Å². The Kier molecular flexibility index (Phi) is 3.57. The van der Waals surface area contributed by atoms with Crippen molar-refractivity contribution >= 4 is 5.97 Å². The molecule has 1 heterocycles. The number of benzene rings is 3. The zero-order valence-corrected chi connectivity index (χ0v) is 14.2. The van der Waals surface area contributed by atoms with Gasteiger partial charge in [-0.05, 0) is 43.2 Å². The fourth-order valence-corrected chi connectivity index (χ4v) is 3.18. The molecule has 0 bridgehead atoms. The summed E-state index contributed by atoms with van der Waals surface area (Å²) in [5, 5.41) is 0. The van der Waals surface area contributed by atoms with Crippen molar-refractivity contribution in [2.45, 2.75) is 19.6 Å². The van der Waals surface area contributed by atoms with Crippen molar-refractivity contribution in [1.29, 1.82) is 0 Å². The molecule has 3 heteroatoms. The monoisotopic (exact) mass is 330 g/mol. The number of ether oxygens (including phenoxy) is 2. The Bertz CT molecular complexity index is 946. The van der Waals surface area contributed by atoms with Crippen LogP contribution in [0.1, 0.15) is 32.6 Å². The van der Waals surface area contributed by atoms with Gasteiger partial charge in [-0.2, -0.15) is 0 Å². The Morgan fingerprint density at radius 1 is 0.840 bits per heavy atom. The van der Waals surface area contributed by atoms with E-state index in [1.807, 2.05) is 80.6 Å². The molecule has 4 rings (SSSR count). The van der Waals surface area contributed by atoms with Crippen LogP contribution in [0.2, 0.25) is 0 Å². The standard InChI is InChI=1S/C22H18O3/c1-15-9-8-14-20(16(15)2)24-22(17-10-4-3-5-11-17)19-13-7-6-12-18(19)21(23)25-22/h3-14H,1-2H3/t22-/m1/s1. The third kappa shape index (κ3) is 2.40. The first kappa shape index (κ1) is 15.5. The van der Waals surface area contributed by atoms with Gasteiger partial charge in [0.15, 0.2) is 0 Å². The fraction of sp³-hybridized carbons (Fsp3) is 0.136. The molecule has 0 N–H and O–H groups in total. The Hall–Kier alpha value is -3.07. The van der Waals surface area contributed by atoms with Crippen LogP contribution in [-0.4, -0.2) is 5.97 Å². The normalized spacial score (nSPS) is 18.6. The highest BCUT2D eigenvalue weighted by molar-refractivity contribution is 5.95. The third-order valence-corrected chi connectivity index (χ3v) is 4.70. The zero-order chi connectivity index (χ0) is 17.4. The van der Waals surface area contributed by atoms with Crippen molar-refractivity contribution in [1.82, 2.24) is 0 Å². The van der Waals surface area contributed by atoms with Gasteiger partial charge in [-0.15, -0.1) is 0 Å². The van der Waals surface area contributed by atoms with Crippen molar-refractivity contribution in [3.63, 3.8) is 0 Å². The summed E-state index contributed by atoms with van der Waals surface area (Å²) in [7, 11) is 0. The number of cyclic esters (lactones) is 1. The number of hydrogen-bond acceptors (Lipinski definition) is 3. The lowest BCUT2D eigenvalue weighted by atomic mass is 9.95. The van der Waals surface area contributed by atoms with Gasteiger partial charge in [0.2, 0.25) is 0 Å². The molecule has 0 amide bonds. The number of carbonyl (C=O) groups excluding carboxylic acids is 1. The molecule has 0 fully saturated rings. The molecule has 1 aliphatic rings. The molecule has 0 aliphatic carbocycles. The highest BCUT2D eigenvalue weighted by atomic mass is 16.7. The molecule has 0 spiro atoms. The maximum absolute atomic E-state index is 12.5. The summed E-state index contributed by atoms with van der Waals surface area (Å²) in [6, 6.07) is 22.9. The lowest BCUT2D eigenvalue weighted by molar-refractivity contribution is -0.109. The lowest BCUT2D eigenvalue weighted by Crippen LogP contribution is -2.35. The molecule has 3 aromatic carbocycles. The van der Waals surface area contributed by atoms with E-state index in [0.717, 1.165) is 22.3 Å². The van der Waals surface area contributed by atoms with Crippen LogP contribution in [0.5, 0.6) is 5.75 Å². The summed E-state index contributed by atoms with van der Waals surface area (Å²) in [5.41, 5.74) is 4.20. The van der Waals surface area contributed by atoms with Crippen LogP contribution in [-0.2, 0) is 10.5 Å². The second-order valence-electron chi connectivity index (χ2n) is 6.22. The molecule has 0 unspecified atom stereocenters. The highest BCUT2D eigenvalue weighted by Gasteiger charge is 2.49. The molecule has 1 aliphatic heterocycles. The predicted molar refractivity (Wildman–Crippen MR) is 95.6 cm³/mol. The molecule has 0 aromatic heterocycles. The van der Waals surface area contributed by atoms with E-state index in [2.05, 4.69) is 0 Å². The van der Waals surface area contributed by atoms with Gasteiger partial charge >= 0.3 is 11.8 Å². The van der Waals surface area contributed by atoms with Gasteiger partial charge in [0.05, 0.1) is 11.1 Å². The van der Waals surface area contributed by atoms with Gasteiger partial charge in [-0.3, -0.25) is 0 Å². The molecule has 3 nitrogen and oxygen atoms in total. The minimum atomic E-state index is -1.27. The van der Waals surface area contributed by atoms with Gasteiger partial charge < -0.3 is 9.47 Å². The van der Waals surface area contributed by atoms with E-state index in [0.29, 0.717) is 11.3 Å². The Labute approximate surface area is 146 Å². The summed E-state index contributed by atoms with van der Waals surface area (Å²) >= 11 is 0. The van der Waals surface area contributed by atoms with Crippen LogP contribution >= 0.6 is 0 Å². The van der Waals surface area contributed by atoms with Crippen LogP contribution in [0, 0.1) is 13.8 Å². The largest absolute Gasteiger partial charge is 0.444 e. The summed E-state index contributed by atoms with van der Waals surface area (Å²) in [4.78, 5) is 12.5. The Balaban J connectivity index is 1.93. The number of esters is 1. The average Bonchev–Trinajstić information content (AvgIpc) is 2.93. The second kappa shape index (κ2) is 5.78. The van der Waals surface area contributed by atoms with E-state index in [1.54, 1.807) is 6.07 Å². The van der Waals surface area contributed by atoms with E-state index in [4.69, 9.17) is 9.47 Å². The minimum absolute atomic E-state index is 0.371. The summed E-state index contributed by atoms with van der Waals surface area (Å²) in [5.74, 6) is -0.939.